The number of hydrogen-bond donors (Lipinski definition) is 0. The molecule has 0 N–H and O–H groups in total. The van der Waals surface area contributed by atoms with Gasteiger partial charge >= 0.3 is 0 Å². The Kier molecular flexibility index (Phi) is 2.15. The lowest BCUT2D eigenvalue weighted by Crippen LogP contribution is -2.52. The average molecular weight is 284 g/mol. The lowest BCUT2D eigenvalue weighted by molar-refractivity contribution is -0.134. The molecule has 0 bridgehead atoms. The van der Waals surface area contributed by atoms with Gasteiger partial charge in [-0.25, -0.2) is 0 Å². The van der Waals surface area contributed by atoms with Crippen molar-refractivity contribution in [2.24, 2.45) is 39.9 Å². The van der Waals surface area contributed by atoms with E-state index in [2.05, 4.69) is 20.4 Å². The van der Waals surface area contributed by atoms with Crippen molar-refractivity contribution in [1.82, 2.24) is 0 Å². The predicted octanol–water partition coefficient (Wildman–Crippen LogP) is 4.76. The summed E-state index contributed by atoms with van der Waals surface area (Å²) in [6, 6.07) is 0. The lowest BCUT2D eigenvalue weighted by atomic mass is 9.46. The number of allylic oxidation sites excluding steroid dienone is 1. The molecular weight excluding hydrogens is 256 g/mol. The third-order valence-electron chi connectivity index (χ3n) is 9.21. The standard InChI is InChI=1S/C20H28O/c1-12-10-14-15-4-5-17(21)18(15,2)8-7-16(14)19(3)9-6-13-11-20(12,13)19/h13-16H,1,4-11H2,2-3H3/t13-,14-,15-,16-,18-,19+,20+/m0/s1. The van der Waals surface area contributed by atoms with Crippen molar-refractivity contribution in [2.45, 2.75) is 65.2 Å². The molecule has 0 radical (unpaired) electrons. The first-order valence-electron chi connectivity index (χ1n) is 9.15. The Morgan fingerprint density at radius 2 is 1.90 bits per heavy atom. The summed E-state index contributed by atoms with van der Waals surface area (Å²) in [5, 5.41) is 0. The molecule has 0 aromatic rings. The third kappa shape index (κ3) is 1.19. The molecular formula is C20H28O. The maximum atomic E-state index is 12.4. The number of carbonyl (C=O) groups excluding carboxylic acids is 1. The Morgan fingerprint density at radius 1 is 1.10 bits per heavy atom. The molecule has 7 atom stereocenters. The fraction of sp³-hybridized carbons (Fsp3) is 0.850. The fourth-order valence-corrected chi connectivity index (χ4v) is 8.03. The summed E-state index contributed by atoms with van der Waals surface area (Å²) >= 11 is 0. The van der Waals surface area contributed by atoms with Crippen LogP contribution in [0, 0.1) is 39.9 Å². The minimum atomic E-state index is 0.0177. The van der Waals surface area contributed by atoms with Crippen molar-refractivity contribution in [3.05, 3.63) is 12.2 Å². The summed E-state index contributed by atoms with van der Waals surface area (Å²) in [6.45, 7) is 9.46. The summed E-state index contributed by atoms with van der Waals surface area (Å²) < 4.78 is 0. The highest BCUT2D eigenvalue weighted by Gasteiger charge is 2.75. The molecule has 0 unspecified atom stereocenters. The fourth-order valence-electron chi connectivity index (χ4n) is 8.03. The molecule has 0 amide bonds. The number of fused-ring (bicyclic) bond motifs is 4. The van der Waals surface area contributed by atoms with E-state index in [-0.39, 0.29) is 5.41 Å². The highest BCUT2D eigenvalue weighted by Crippen LogP contribution is 2.82. The van der Waals surface area contributed by atoms with Gasteiger partial charge in [0.2, 0.25) is 0 Å². The van der Waals surface area contributed by atoms with Crippen molar-refractivity contribution < 1.29 is 4.79 Å². The first-order chi connectivity index (χ1) is 9.93. The highest BCUT2D eigenvalue weighted by molar-refractivity contribution is 5.87. The zero-order valence-corrected chi connectivity index (χ0v) is 13.6. The quantitative estimate of drug-likeness (QED) is 0.586. The second kappa shape index (κ2) is 3.49. The summed E-state index contributed by atoms with van der Waals surface area (Å²) in [6.07, 6.45) is 10.0. The SMILES string of the molecule is C=C1C[C@H]2[C@@H]3CCC(=O)[C@@]3(C)CC[C@@H]2[C@@]2(C)CC[C@H]3C[C@@]132. The predicted molar refractivity (Wildman–Crippen MR) is 83.7 cm³/mol. The molecule has 21 heavy (non-hydrogen) atoms. The second-order valence-corrected chi connectivity index (χ2v) is 9.43. The van der Waals surface area contributed by atoms with Crippen LogP contribution < -0.4 is 0 Å². The summed E-state index contributed by atoms with van der Waals surface area (Å²) in [4.78, 5) is 12.4. The van der Waals surface area contributed by atoms with Crippen molar-refractivity contribution >= 4 is 5.78 Å². The zero-order valence-electron chi connectivity index (χ0n) is 13.6. The smallest absolute Gasteiger partial charge is 0.139 e. The summed E-state index contributed by atoms with van der Waals surface area (Å²) in [5.74, 6) is 3.83. The van der Waals surface area contributed by atoms with E-state index < -0.39 is 0 Å². The minimum Gasteiger partial charge on any atom is -0.299 e. The monoisotopic (exact) mass is 284 g/mol. The molecule has 0 aliphatic heterocycles. The lowest BCUT2D eigenvalue weighted by Gasteiger charge is -2.58. The van der Waals surface area contributed by atoms with Gasteiger partial charge in [-0.2, -0.15) is 0 Å². The van der Waals surface area contributed by atoms with Crippen molar-refractivity contribution in [1.29, 1.82) is 0 Å². The number of carbonyl (C=O) groups is 1. The van der Waals surface area contributed by atoms with Gasteiger partial charge in [0.25, 0.3) is 0 Å². The summed E-state index contributed by atoms with van der Waals surface area (Å²) in [7, 11) is 0. The molecule has 5 saturated carbocycles. The highest BCUT2D eigenvalue weighted by atomic mass is 16.1. The Balaban J connectivity index is 1.58. The van der Waals surface area contributed by atoms with Crippen molar-refractivity contribution in [3.8, 4) is 0 Å². The number of hydrogen-bond acceptors (Lipinski definition) is 1. The van der Waals surface area contributed by atoms with Crippen LogP contribution in [0.4, 0.5) is 0 Å². The maximum Gasteiger partial charge on any atom is 0.139 e. The van der Waals surface area contributed by atoms with Crippen LogP contribution in [0.1, 0.15) is 65.2 Å². The van der Waals surface area contributed by atoms with Crippen LogP contribution in [-0.2, 0) is 4.79 Å². The number of Topliss-reactive ketones (excluding diaryl/α,β-unsaturated/α-hetero) is 1. The second-order valence-electron chi connectivity index (χ2n) is 9.43. The largest absolute Gasteiger partial charge is 0.299 e. The van der Waals surface area contributed by atoms with E-state index in [1.807, 2.05) is 0 Å². The van der Waals surface area contributed by atoms with Crippen LogP contribution in [0.15, 0.2) is 12.2 Å². The molecule has 5 rings (SSSR count). The van der Waals surface area contributed by atoms with Gasteiger partial charge in [-0.1, -0.05) is 26.0 Å². The van der Waals surface area contributed by atoms with E-state index in [1.54, 1.807) is 5.57 Å². The van der Waals surface area contributed by atoms with Gasteiger partial charge in [0.05, 0.1) is 0 Å². The molecule has 5 aliphatic rings. The summed E-state index contributed by atoms with van der Waals surface area (Å²) in [5.41, 5.74) is 2.65. The molecule has 114 valence electrons. The van der Waals surface area contributed by atoms with E-state index in [9.17, 15) is 4.79 Å². The van der Waals surface area contributed by atoms with Crippen LogP contribution in [0.5, 0.6) is 0 Å². The molecule has 0 aromatic heterocycles. The Morgan fingerprint density at radius 3 is 2.67 bits per heavy atom. The zero-order chi connectivity index (χ0) is 14.6. The van der Waals surface area contributed by atoms with Gasteiger partial charge in [-0.05, 0) is 79.4 Å². The van der Waals surface area contributed by atoms with Gasteiger partial charge in [0.1, 0.15) is 5.78 Å². The van der Waals surface area contributed by atoms with Gasteiger partial charge in [-0.15, -0.1) is 0 Å². The van der Waals surface area contributed by atoms with E-state index in [0.29, 0.717) is 22.5 Å². The van der Waals surface area contributed by atoms with Crippen LogP contribution in [0.3, 0.4) is 0 Å². The topological polar surface area (TPSA) is 17.1 Å². The first-order valence-corrected chi connectivity index (χ1v) is 9.15. The normalized spacial score (nSPS) is 61.0. The molecule has 0 saturated heterocycles. The van der Waals surface area contributed by atoms with Gasteiger partial charge in [0, 0.05) is 11.8 Å². The Bertz CT molecular complexity index is 562. The van der Waals surface area contributed by atoms with E-state index in [4.69, 9.17) is 0 Å². The minimum absolute atomic E-state index is 0.0177. The van der Waals surface area contributed by atoms with E-state index in [0.717, 1.165) is 30.6 Å². The Labute approximate surface area is 128 Å². The van der Waals surface area contributed by atoms with Gasteiger partial charge in [0.15, 0.2) is 0 Å². The van der Waals surface area contributed by atoms with Crippen LogP contribution in [0.25, 0.3) is 0 Å². The molecule has 1 spiro atoms. The molecule has 0 heterocycles. The molecule has 5 aliphatic carbocycles. The molecule has 1 nitrogen and oxygen atoms in total. The van der Waals surface area contributed by atoms with Crippen LogP contribution in [0.2, 0.25) is 0 Å². The van der Waals surface area contributed by atoms with E-state index >= 15 is 0 Å². The van der Waals surface area contributed by atoms with Crippen LogP contribution in [-0.4, -0.2) is 5.78 Å². The van der Waals surface area contributed by atoms with Gasteiger partial charge < -0.3 is 0 Å². The molecule has 5 fully saturated rings. The third-order valence-corrected chi connectivity index (χ3v) is 9.21. The average Bonchev–Trinajstić information content (AvgIpc) is 3.01. The van der Waals surface area contributed by atoms with Crippen molar-refractivity contribution in [3.63, 3.8) is 0 Å². The number of ketones is 1. The van der Waals surface area contributed by atoms with E-state index in [1.165, 1.54) is 38.5 Å². The molecule has 0 aromatic carbocycles. The van der Waals surface area contributed by atoms with Crippen LogP contribution >= 0.6 is 0 Å². The first kappa shape index (κ1) is 12.9. The van der Waals surface area contributed by atoms with Crippen molar-refractivity contribution in [2.75, 3.05) is 0 Å². The molecule has 1 heteroatoms. The van der Waals surface area contributed by atoms with Gasteiger partial charge in [-0.3, -0.25) is 4.79 Å². The maximum absolute atomic E-state index is 12.4. The number of rotatable bonds is 0. The Hall–Kier alpha value is -0.590.